The van der Waals surface area contributed by atoms with Crippen molar-refractivity contribution in [2.45, 2.75) is 11.8 Å². The topological polar surface area (TPSA) is 138 Å². The molecule has 0 spiro atoms. The lowest BCUT2D eigenvalue weighted by molar-refractivity contribution is -0.114. The molecule has 3 rings (SSSR count). The minimum atomic E-state index is -3.93. The summed E-state index contributed by atoms with van der Waals surface area (Å²) in [7, 11) is -7.68. The van der Waals surface area contributed by atoms with Crippen molar-refractivity contribution in [2.24, 2.45) is 0 Å². The van der Waals surface area contributed by atoms with Crippen molar-refractivity contribution >= 4 is 59.2 Å². The van der Waals surface area contributed by atoms with E-state index in [2.05, 4.69) is 35.9 Å². The second kappa shape index (κ2) is 9.85. The molecule has 0 saturated heterocycles. The van der Waals surface area contributed by atoms with Gasteiger partial charge in [0.15, 0.2) is 0 Å². The van der Waals surface area contributed by atoms with Gasteiger partial charge in [0.05, 0.1) is 16.8 Å². The Labute approximate surface area is 200 Å². The number of rotatable bonds is 8. The molecule has 0 aliphatic rings. The summed E-state index contributed by atoms with van der Waals surface area (Å²) >= 11 is 3.29. The second-order valence-electron chi connectivity index (χ2n) is 6.92. The van der Waals surface area contributed by atoms with Gasteiger partial charge in [0, 0.05) is 22.1 Å². The molecule has 0 saturated carbocycles. The van der Waals surface area contributed by atoms with Crippen LogP contribution >= 0.6 is 15.9 Å². The molecule has 0 aliphatic carbocycles. The number of halogens is 1. The summed E-state index contributed by atoms with van der Waals surface area (Å²) < 4.78 is 53.3. The van der Waals surface area contributed by atoms with E-state index in [0.717, 1.165) is 10.6 Å². The predicted octanol–water partition coefficient (Wildman–Crippen LogP) is 2.75. The molecule has 0 fully saturated rings. The van der Waals surface area contributed by atoms with Crippen LogP contribution in [0.5, 0.6) is 0 Å². The van der Waals surface area contributed by atoms with Crippen LogP contribution in [0, 0.1) is 6.92 Å². The Balaban J connectivity index is 1.72. The van der Waals surface area contributed by atoms with Crippen LogP contribution in [0.25, 0.3) is 0 Å². The highest BCUT2D eigenvalue weighted by Gasteiger charge is 2.23. The number of nitrogens with one attached hydrogen (secondary N) is 2. The number of carbonyl (C=O) groups is 1. The van der Waals surface area contributed by atoms with Crippen molar-refractivity contribution in [3.8, 4) is 0 Å². The second-order valence-corrected chi connectivity index (χ2v) is 11.4. The number of sulfonamides is 2. The van der Waals surface area contributed by atoms with Gasteiger partial charge in [-0.2, -0.15) is 0 Å². The molecule has 2 N–H and O–H groups in total. The Morgan fingerprint density at radius 1 is 1.03 bits per heavy atom. The lowest BCUT2D eigenvalue weighted by Crippen LogP contribution is -2.37. The Morgan fingerprint density at radius 2 is 1.70 bits per heavy atom. The number of amides is 1. The van der Waals surface area contributed by atoms with Gasteiger partial charge in [-0.05, 0) is 65.3 Å². The molecular weight excluding hydrogens is 534 g/mol. The van der Waals surface area contributed by atoms with E-state index < -0.39 is 32.5 Å². The maximum absolute atomic E-state index is 12.5. The molecule has 0 unspecified atom stereocenters. The molecule has 0 aliphatic heterocycles. The van der Waals surface area contributed by atoms with Crippen LogP contribution in [-0.2, 0) is 24.8 Å². The molecule has 0 atom stereocenters. The minimum Gasteiger partial charge on any atom is -0.325 e. The minimum absolute atomic E-state index is 0.0553. The average molecular weight is 554 g/mol. The van der Waals surface area contributed by atoms with E-state index in [1.807, 2.05) is 0 Å². The first-order valence-electron chi connectivity index (χ1n) is 9.40. The summed E-state index contributed by atoms with van der Waals surface area (Å²) in [5, 5.41) is 2.57. The van der Waals surface area contributed by atoms with Gasteiger partial charge >= 0.3 is 0 Å². The van der Waals surface area contributed by atoms with Crippen LogP contribution in [0.2, 0.25) is 0 Å². The summed E-state index contributed by atoms with van der Waals surface area (Å²) in [6.45, 7) is 1.24. The zero-order valence-corrected chi connectivity index (χ0v) is 20.8. The molecular formula is C20H20BrN5O5S2. The van der Waals surface area contributed by atoms with Crippen molar-refractivity contribution in [3.63, 3.8) is 0 Å². The normalized spacial score (nSPS) is 11.6. The van der Waals surface area contributed by atoms with E-state index in [4.69, 9.17) is 0 Å². The smallest absolute Gasteiger partial charge is 0.264 e. The van der Waals surface area contributed by atoms with Crippen LogP contribution in [-0.4, -0.2) is 45.5 Å². The van der Waals surface area contributed by atoms with Crippen molar-refractivity contribution in [2.75, 3.05) is 27.1 Å². The summed E-state index contributed by atoms with van der Waals surface area (Å²) in [5.41, 5.74) is 1.22. The first-order valence-corrected chi connectivity index (χ1v) is 13.5. The van der Waals surface area contributed by atoms with Crippen LogP contribution in [0.15, 0.2) is 70.2 Å². The molecule has 0 bridgehead atoms. The summed E-state index contributed by atoms with van der Waals surface area (Å²) in [6, 6.07) is 13.7. The van der Waals surface area contributed by atoms with Gasteiger partial charge < -0.3 is 5.32 Å². The third kappa shape index (κ3) is 6.49. The van der Waals surface area contributed by atoms with E-state index in [9.17, 15) is 21.6 Å². The third-order valence-corrected chi connectivity index (χ3v) is 7.42. The Bertz CT molecular complexity index is 1380. The molecule has 1 heterocycles. The number of anilines is 3. The quantitative estimate of drug-likeness (QED) is 0.437. The average Bonchev–Trinajstić information content (AvgIpc) is 2.72. The molecule has 13 heteroatoms. The van der Waals surface area contributed by atoms with E-state index in [-0.39, 0.29) is 10.8 Å². The molecule has 10 nitrogen and oxygen atoms in total. The lowest BCUT2D eigenvalue weighted by Gasteiger charge is -2.23. The summed E-state index contributed by atoms with van der Waals surface area (Å²) in [5.74, 6) is -0.654. The predicted molar refractivity (Wildman–Crippen MR) is 129 cm³/mol. The van der Waals surface area contributed by atoms with Crippen molar-refractivity contribution < 1.29 is 21.6 Å². The van der Waals surface area contributed by atoms with Gasteiger partial charge in [-0.25, -0.2) is 31.5 Å². The number of hydrogen-bond donors (Lipinski definition) is 2. The Hall–Kier alpha value is -3.03. The fourth-order valence-electron chi connectivity index (χ4n) is 2.76. The lowest BCUT2D eigenvalue weighted by atomic mass is 10.3. The first-order chi connectivity index (χ1) is 15.5. The van der Waals surface area contributed by atoms with E-state index in [1.54, 1.807) is 37.3 Å². The van der Waals surface area contributed by atoms with Gasteiger partial charge in [-0.1, -0.05) is 12.1 Å². The van der Waals surface area contributed by atoms with E-state index in [1.165, 1.54) is 30.5 Å². The number of aromatic nitrogens is 2. The summed E-state index contributed by atoms with van der Waals surface area (Å²) in [4.78, 5) is 20.3. The molecule has 33 heavy (non-hydrogen) atoms. The van der Waals surface area contributed by atoms with Crippen molar-refractivity contribution in [1.29, 1.82) is 0 Å². The summed E-state index contributed by atoms with van der Waals surface area (Å²) in [6.07, 6.45) is 2.44. The highest BCUT2D eigenvalue weighted by molar-refractivity contribution is 9.10. The van der Waals surface area contributed by atoms with Gasteiger partial charge in [0.1, 0.15) is 6.54 Å². The van der Waals surface area contributed by atoms with Crippen LogP contribution < -0.4 is 14.3 Å². The maximum atomic E-state index is 12.5. The fourth-order valence-corrected chi connectivity index (χ4v) is 5.20. The number of carbonyl (C=O) groups excluding carboxylic acids is 1. The number of hydrogen-bond acceptors (Lipinski definition) is 7. The first kappa shape index (κ1) is 24.6. The molecule has 0 radical (unpaired) electrons. The maximum Gasteiger partial charge on any atom is 0.264 e. The van der Waals surface area contributed by atoms with E-state index in [0.29, 0.717) is 21.5 Å². The number of benzene rings is 2. The largest absolute Gasteiger partial charge is 0.325 e. The Kier molecular flexibility index (Phi) is 7.34. The SMILES string of the molecule is Cc1ccnc(NS(=O)(=O)c2ccc(NC(=O)CN(c3ccccc3Br)S(C)(=O)=O)cc2)n1. The molecule has 1 amide bonds. The number of nitrogens with zero attached hydrogens (tertiary/aromatic N) is 3. The van der Waals surface area contributed by atoms with Gasteiger partial charge in [-0.15, -0.1) is 0 Å². The van der Waals surface area contributed by atoms with Gasteiger partial charge in [-0.3, -0.25) is 9.10 Å². The number of para-hydroxylation sites is 1. The van der Waals surface area contributed by atoms with Gasteiger partial charge in [0.2, 0.25) is 21.9 Å². The Morgan fingerprint density at radius 3 is 2.30 bits per heavy atom. The van der Waals surface area contributed by atoms with Crippen molar-refractivity contribution in [3.05, 3.63) is 71.0 Å². The molecule has 3 aromatic rings. The van der Waals surface area contributed by atoms with Crippen LogP contribution in [0.1, 0.15) is 5.69 Å². The molecule has 2 aromatic carbocycles. The van der Waals surface area contributed by atoms with Crippen LogP contribution in [0.3, 0.4) is 0 Å². The molecule has 174 valence electrons. The van der Waals surface area contributed by atoms with Crippen LogP contribution in [0.4, 0.5) is 17.3 Å². The highest BCUT2D eigenvalue weighted by atomic mass is 79.9. The zero-order chi connectivity index (χ0) is 24.2. The fraction of sp³-hybridized carbons (Fsp3) is 0.150. The molecule has 1 aromatic heterocycles. The third-order valence-electron chi connectivity index (χ3n) is 4.28. The zero-order valence-electron chi connectivity index (χ0n) is 17.6. The highest BCUT2D eigenvalue weighted by Crippen LogP contribution is 2.27. The van der Waals surface area contributed by atoms with Gasteiger partial charge in [0.25, 0.3) is 10.0 Å². The van der Waals surface area contributed by atoms with E-state index >= 15 is 0 Å². The van der Waals surface area contributed by atoms with Crippen molar-refractivity contribution in [1.82, 2.24) is 9.97 Å². The number of aryl methyl sites for hydroxylation is 1. The monoisotopic (exact) mass is 553 g/mol. The standard InChI is InChI=1S/C20H20BrN5O5S2/c1-14-11-12-22-20(23-14)25-33(30,31)16-9-7-15(8-10-16)24-19(27)13-26(32(2,28)29)18-6-4-3-5-17(18)21/h3-12H,13H2,1-2H3,(H,24,27)(H,22,23,25).